The summed E-state index contributed by atoms with van der Waals surface area (Å²) in [4.78, 5) is 10.5. The van der Waals surface area contributed by atoms with Crippen LogP contribution < -0.4 is 4.90 Å². The largest absolute Gasteiger partial charge is 0.372 e. The van der Waals surface area contributed by atoms with E-state index in [1.807, 2.05) is 6.07 Å². The van der Waals surface area contributed by atoms with Crippen molar-refractivity contribution in [3.8, 4) is 0 Å². The summed E-state index contributed by atoms with van der Waals surface area (Å²) >= 11 is 0. The first-order valence-corrected chi connectivity index (χ1v) is 5.79. The van der Waals surface area contributed by atoms with Crippen LogP contribution in [0.2, 0.25) is 0 Å². The average molecular weight is 233 g/mol. The lowest BCUT2D eigenvalue weighted by molar-refractivity contribution is -0.00557. The third-order valence-electron chi connectivity index (χ3n) is 2.90. The van der Waals surface area contributed by atoms with Crippen molar-refractivity contribution >= 4 is 11.6 Å². The molecule has 90 valence electrons. The fraction of sp³-hybridized carbons (Fsp3) is 0.545. The Hall–Kier alpha value is -1.69. The number of rotatable bonds is 1. The Morgan fingerprint density at radius 3 is 2.76 bits per heavy atom. The molecular weight excluding hydrogens is 218 g/mol. The van der Waals surface area contributed by atoms with Gasteiger partial charge in [-0.3, -0.25) is 0 Å². The first-order chi connectivity index (χ1) is 8.24. The lowest BCUT2D eigenvalue weighted by Crippen LogP contribution is -2.46. The zero-order valence-corrected chi connectivity index (χ0v) is 9.95. The van der Waals surface area contributed by atoms with Gasteiger partial charge in [0.1, 0.15) is 12.1 Å². The summed E-state index contributed by atoms with van der Waals surface area (Å²) in [6.07, 6.45) is 3.75. The summed E-state index contributed by atoms with van der Waals surface area (Å²) in [6, 6.07) is 1.96. The van der Waals surface area contributed by atoms with Crippen LogP contribution in [0.15, 0.2) is 18.6 Å². The molecule has 1 aliphatic rings. The van der Waals surface area contributed by atoms with Crippen molar-refractivity contribution in [2.24, 2.45) is 0 Å². The second kappa shape index (κ2) is 3.96. The van der Waals surface area contributed by atoms with Gasteiger partial charge in [0, 0.05) is 19.3 Å². The zero-order chi connectivity index (χ0) is 11.8. The molecule has 1 fully saturated rings. The number of anilines is 1. The van der Waals surface area contributed by atoms with Gasteiger partial charge in [0.15, 0.2) is 0 Å². The van der Waals surface area contributed by atoms with E-state index in [9.17, 15) is 0 Å². The quantitative estimate of drug-likeness (QED) is 0.727. The van der Waals surface area contributed by atoms with Gasteiger partial charge in [-0.15, -0.1) is 0 Å². The lowest BCUT2D eigenvalue weighted by Gasteiger charge is -2.36. The minimum atomic E-state index is 0.227. The van der Waals surface area contributed by atoms with Crippen molar-refractivity contribution in [1.29, 1.82) is 0 Å². The van der Waals surface area contributed by atoms with Gasteiger partial charge in [-0.1, -0.05) is 0 Å². The van der Waals surface area contributed by atoms with Crippen LogP contribution in [0.1, 0.15) is 13.8 Å². The summed E-state index contributed by atoms with van der Waals surface area (Å²) in [5, 5.41) is 4.20. The van der Waals surface area contributed by atoms with Gasteiger partial charge in [-0.05, 0) is 19.9 Å². The number of hydrogen-bond donors (Lipinski definition) is 0. The topological polar surface area (TPSA) is 55.6 Å². The second-order valence-corrected chi connectivity index (χ2v) is 4.44. The van der Waals surface area contributed by atoms with E-state index in [0.29, 0.717) is 5.78 Å². The molecule has 6 heteroatoms. The molecule has 2 unspecified atom stereocenters. The summed E-state index contributed by atoms with van der Waals surface area (Å²) in [5.41, 5.74) is 0. The van der Waals surface area contributed by atoms with Crippen LogP contribution in [-0.2, 0) is 4.74 Å². The summed E-state index contributed by atoms with van der Waals surface area (Å²) in [5.74, 6) is 1.66. The molecule has 2 aromatic heterocycles. The number of hydrogen-bond acceptors (Lipinski definition) is 5. The highest BCUT2D eigenvalue weighted by atomic mass is 16.5. The van der Waals surface area contributed by atoms with E-state index < -0.39 is 0 Å². The van der Waals surface area contributed by atoms with Crippen LogP contribution in [0.4, 0.5) is 5.82 Å². The van der Waals surface area contributed by atoms with Crippen molar-refractivity contribution < 1.29 is 4.74 Å². The summed E-state index contributed by atoms with van der Waals surface area (Å²) in [7, 11) is 0. The molecule has 0 bridgehead atoms. The van der Waals surface area contributed by atoms with Gasteiger partial charge in [0.05, 0.1) is 12.2 Å². The predicted octanol–water partition coefficient (Wildman–Crippen LogP) is 0.738. The molecule has 0 spiro atoms. The fourth-order valence-electron chi connectivity index (χ4n) is 2.33. The number of nitrogens with zero attached hydrogens (tertiary/aromatic N) is 5. The number of aromatic nitrogens is 4. The third-order valence-corrected chi connectivity index (χ3v) is 2.90. The summed E-state index contributed by atoms with van der Waals surface area (Å²) in [6.45, 7) is 5.90. The first-order valence-electron chi connectivity index (χ1n) is 5.79. The van der Waals surface area contributed by atoms with E-state index >= 15 is 0 Å². The van der Waals surface area contributed by atoms with Gasteiger partial charge in [-0.25, -0.2) is 4.98 Å². The molecule has 0 aliphatic carbocycles. The molecule has 3 rings (SSSR count). The molecule has 2 aromatic rings. The highest BCUT2D eigenvalue weighted by Gasteiger charge is 2.24. The maximum absolute atomic E-state index is 5.73. The van der Waals surface area contributed by atoms with Crippen molar-refractivity contribution in [2.75, 3.05) is 18.0 Å². The highest BCUT2D eigenvalue weighted by Crippen LogP contribution is 2.19. The molecule has 0 aromatic carbocycles. The molecule has 0 radical (unpaired) electrons. The monoisotopic (exact) mass is 233 g/mol. The van der Waals surface area contributed by atoms with Crippen LogP contribution in [-0.4, -0.2) is 44.9 Å². The molecule has 1 saturated heterocycles. The summed E-state index contributed by atoms with van der Waals surface area (Å²) < 4.78 is 7.50. The normalized spacial score (nSPS) is 25.4. The molecule has 0 saturated carbocycles. The van der Waals surface area contributed by atoms with Crippen LogP contribution in [0.25, 0.3) is 5.78 Å². The van der Waals surface area contributed by atoms with Crippen molar-refractivity contribution in [1.82, 2.24) is 19.6 Å². The van der Waals surface area contributed by atoms with Crippen molar-refractivity contribution in [3.63, 3.8) is 0 Å². The molecule has 6 nitrogen and oxygen atoms in total. The van der Waals surface area contributed by atoms with Crippen LogP contribution in [0, 0.1) is 0 Å². The predicted molar refractivity (Wildman–Crippen MR) is 63.0 cm³/mol. The SMILES string of the molecule is CC1CN(c2ccnc3ncnn23)CC(C)O1. The van der Waals surface area contributed by atoms with E-state index in [1.165, 1.54) is 6.33 Å². The van der Waals surface area contributed by atoms with E-state index in [2.05, 4.69) is 33.8 Å². The second-order valence-electron chi connectivity index (χ2n) is 4.44. The number of fused-ring (bicyclic) bond motifs is 1. The van der Waals surface area contributed by atoms with E-state index in [1.54, 1.807) is 10.7 Å². The maximum atomic E-state index is 5.73. The Morgan fingerprint density at radius 1 is 1.24 bits per heavy atom. The van der Waals surface area contributed by atoms with E-state index in [-0.39, 0.29) is 12.2 Å². The Kier molecular flexibility index (Phi) is 2.44. The number of ether oxygens (including phenoxy) is 1. The van der Waals surface area contributed by atoms with Crippen molar-refractivity contribution in [2.45, 2.75) is 26.1 Å². The molecule has 0 amide bonds. The Balaban J connectivity index is 2.00. The van der Waals surface area contributed by atoms with Crippen LogP contribution >= 0.6 is 0 Å². The van der Waals surface area contributed by atoms with Gasteiger partial charge >= 0.3 is 0 Å². The minimum Gasteiger partial charge on any atom is -0.372 e. The molecule has 1 aliphatic heterocycles. The Morgan fingerprint density at radius 2 is 2.00 bits per heavy atom. The van der Waals surface area contributed by atoms with Gasteiger partial charge in [0.25, 0.3) is 5.78 Å². The van der Waals surface area contributed by atoms with Crippen LogP contribution in [0.3, 0.4) is 0 Å². The van der Waals surface area contributed by atoms with E-state index in [4.69, 9.17) is 4.74 Å². The average Bonchev–Trinajstić information content (AvgIpc) is 2.75. The highest BCUT2D eigenvalue weighted by molar-refractivity contribution is 5.45. The van der Waals surface area contributed by atoms with E-state index in [0.717, 1.165) is 18.9 Å². The van der Waals surface area contributed by atoms with Crippen LogP contribution in [0.5, 0.6) is 0 Å². The van der Waals surface area contributed by atoms with Gasteiger partial charge in [-0.2, -0.15) is 14.6 Å². The smallest absolute Gasteiger partial charge is 0.254 e. The molecule has 0 N–H and O–H groups in total. The standard InChI is InChI=1S/C11H15N5O/c1-8-5-15(6-9(2)17-8)10-3-4-12-11-13-7-14-16(10)11/h3-4,7-9H,5-6H2,1-2H3. The molecular formula is C11H15N5O. The van der Waals surface area contributed by atoms with Gasteiger partial charge in [0.2, 0.25) is 0 Å². The molecule has 17 heavy (non-hydrogen) atoms. The molecule has 2 atom stereocenters. The third kappa shape index (κ3) is 1.84. The fourth-order valence-corrected chi connectivity index (χ4v) is 2.33. The lowest BCUT2D eigenvalue weighted by atomic mass is 10.2. The first kappa shape index (κ1) is 10.5. The zero-order valence-electron chi connectivity index (χ0n) is 9.95. The maximum Gasteiger partial charge on any atom is 0.254 e. The minimum absolute atomic E-state index is 0.227. The van der Waals surface area contributed by atoms with Gasteiger partial charge < -0.3 is 9.64 Å². The van der Waals surface area contributed by atoms with Crippen molar-refractivity contribution in [3.05, 3.63) is 18.6 Å². The Labute approximate surface area is 99.2 Å². The molecule has 3 heterocycles. The Bertz CT molecular complexity index is 515. The number of morpholine rings is 1.